The van der Waals surface area contributed by atoms with Gasteiger partial charge in [-0.2, -0.15) is 0 Å². The number of hydrogen-bond donors (Lipinski definition) is 2. The second kappa shape index (κ2) is 1.70. The molecule has 0 aromatic carbocycles. The number of aliphatic carboxylic acids is 2. The quantitative estimate of drug-likeness (QED) is 0.467. The Morgan fingerprint density at radius 2 is 1.44 bits per heavy atom. The molecule has 2 atom stereocenters. The fourth-order valence-corrected chi connectivity index (χ4v) is 0.488. The Kier molecular flexibility index (Phi) is 1.14. The monoisotopic (exact) mass is 132 g/mol. The number of carbonyl (C=O) groups is 2. The maximum Gasteiger partial charge on any atom is 0.336 e. The van der Waals surface area contributed by atoms with Gasteiger partial charge in [0, 0.05) is 0 Å². The largest absolute Gasteiger partial charge is 0.479 e. The number of ether oxygens (including phenoxy) is 1. The topological polar surface area (TPSA) is 87.1 Å². The summed E-state index contributed by atoms with van der Waals surface area (Å²) < 4.78 is 4.24. The van der Waals surface area contributed by atoms with Gasteiger partial charge in [-0.15, -0.1) is 0 Å². The zero-order valence-corrected chi connectivity index (χ0v) is 4.27. The third-order valence-corrected chi connectivity index (χ3v) is 0.978. The molecule has 9 heavy (non-hydrogen) atoms. The van der Waals surface area contributed by atoms with Crippen molar-refractivity contribution in [3.8, 4) is 0 Å². The summed E-state index contributed by atoms with van der Waals surface area (Å²) in [6, 6.07) is 0. The molecule has 0 radical (unpaired) electrons. The van der Waals surface area contributed by atoms with E-state index in [1.54, 1.807) is 0 Å². The predicted molar refractivity (Wildman–Crippen MR) is 23.9 cm³/mol. The van der Waals surface area contributed by atoms with E-state index in [1.165, 1.54) is 0 Å². The SMILES string of the molecule is O=C(O)[C@H]1O[C@@H]1C(=O)O. The first-order valence-electron chi connectivity index (χ1n) is 2.24. The molecule has 1 heterocycles. The van der Waals surface area contributed by atoms with E-state index in [-0.39, 0.29) is 0 Å². The number of carboxylic acids is 2. The number of rotatable bonds is 2. The lowest BCUT2D eigenvalue weighted by Gasteiger charge is -1.78. The van der Waals surface area contributed by atoms with E-state index in [1.807, 2.05) is 0 Å². The van der Waals surface area contributed by atoms with Crippen molar-refractivity contribution in [1.29, 1.82) is 0 Å². The summed E-state index contributed by atoms with van der Waals surface area (Å²) in [5.74, 6) is -2.44. The normalized spacial score (nSPS) is 31.6. The van der Waals surface area contributed by atoms with Crippen LogP contribution >= 0.6 is 0 Å². The molecule has 5 heteroatoms. The van der Waals surface area contributed by atoms with Crippen molar-refractivity contribution in [2.45, 2.75) is 12.2 Å². The average molecular weight is 132 g/mol. The van der Waals surface area contributed by atoms with Gasteiger partial charge in [0.25, 0.3) is 0 Å². The van der Waals surface area contributed by atoms with Gasteiger partial charge in [-0.25, -0.2) is 9.59 Å². The number of epoxide rings is 1. The van der Waals surface area contributed by atoms with Crippen LogP contribution < -0.4 is 0 Å². The van der Waals surface area contributed by atoms with Crippen molar-refractivity contribution in [2.24, 2.45) is 0 Å². The van der Waals surface area contributed by atoms with Crippen LogP contribution in [0, 0.1) is 0 Å². The van der Waals surface area contributed by atoms with Crippen molar-refractivity contribution < 1.29 is 24.5 Å². The molecule has 1 aliphatic rings. The molecule has 0 aromatic rings. The minimum absolute atomic E-state index is 1.12. The second-order valence-corrected chi connectivity index (χ2v) is 1.65. The maximum absolute atomic E-state index is 9.89. The molecular weight excluding hydrogens is 128 g/mol. The number of hydrogen-bond acceptors (Lipinski definition) is 3. The summed E-state index contributed by atoms with van der Waals surface area (Å²) in [6.45, 7) is 0. The van der Waals surface area contributed by atoms with Crippen LogP contribution in [-0.4, -0.2) is 34.4 Å². The van der Waals surface area contributed by atoms with Gasteiger partial charge >= 0.3 is 11.9 Å². The van der Waals surface area contributed by atoms with E-state index in [9.17, 15) is 9.59 Å². The molecule has 1 fully saturated rings. The lowest BCUT2D eigenvalue weighted by atomic mass is 10.3. The van der Waals surface area contributed by atoms with E-state index >= 15 is 0 Å². The molecule has 0 bridgehead atoms. The van der Waals surface area contributed by atoms with Crippen LogP contribution in [0.4, 0.5) is 0 Å². The Balaban J connectivity index is 2.42. The van der Waals surface area contributed by atoms with E-state index in [4.69, 9.17) is 10.2 Å². The fraction of sp³-hybridized carbons (Fsp3) is 0.500. The molecule has 0 aliphatic carbocycles. The van der Waals surface area contributed by atoms with E-state index in [0.717, 1.165) is 0 Å². The Morgan fingerprint density at radius 3 is 1.56 bits per heavy atom. The zero-order valence-electron chi connectivity index (χ0n) is 4.27. The average Bonchev–Trinajstić information content (AvgIpc) is 2.39. The van der Waals surface area contributed by atoms with Crippen molar-refractivity contribution in [2.75, 3.05) is 0 Å². The minimum atomic E-state index is -1.22. The van der Waals surface area contributed by atoms with Crippen LogP contribution in [0.1, 0.15) is 0 Å². The third-order valence-electron chi connectivity index (χ3n) is 0.978. The predicted octanol–water partition coefficient (Wildman–Crippen LogP) is -1.08. The van der Waals surface area contributed by atoms with Gasteiger partial charge in [0.15, 0.2) is 12.2 Å². The van der Waals surface area contributed by atoms with Crippen LogP contribution in [-0.2, 0) is 14.3 Å². The van der Waals surface area contributed by atoms with Crippen LogP contribution in [0.2, 0.25) is 0 Å². The van der Waals surface area contributed by atoms with Gasteiger partial charge < -0.3 is 14.9 Å². The van der Waals surface area contributed by atoms with Crippen LogP contribution in [0.15, 0.2) is 0 Å². The summed E-state index contributed by atoms with van der Waals surface area (Å²) in [5, 5.41) is 16.2. The molecule has 0 amide bonds. The standard InChI is InChI=1S/C4H4O5/c5-3(6)1-2(9-1)4(7)8/h1-2H,(H,5,6)(H,7,8)/t1-,2-/m0/s1. The summed E-state index contributed by atoms with van der Waals surface area (Å²) in [7, 11) is 0. The Morgan fingerprint density at radius 1 is 1.11 bits per heavy atom. The number of carboxylic acid groups (broad SMARTS) is 2. The molecule has 0 unspecified atom stereocenters. The Bertz CT molecular complexity index is 144. The van der Waals surface area contributed by atoms with Gasteiger partial charge in [0.2, 0.25) is 0 Å². The fourth-order valence-electron chi connectivity index (χ4n) is 0.488. The maximum atomic E-state index is 9.89. The lowest BCUT2D eigenvalue weighted by Crippen LogP contribution is -2.14. The van der Waals surface area contributed by atoms with E-state index in [0.29, 0.717) is 0 Å². The minimum Gasteiger partial charge on any atom is -0.479 e. The summed E-state index contributed by atoms with van der Waals surface area (Å²) in [5.41, 5.74) is 0. The molecular formula is C4H4O5. The molecule has 0 saturated carbocycles. The molecule has 0 spiro atoms. The van der Waals surface area contributed by atoms with Crippen molar-refractivity contribution in [3.05, 3.63) is 0 Å². The molecule has 0 aromatic heterocycles. The highest BCUT2D eigenvalue weighted by molar-refractivity contribution is 5.87. The van der Waals surface area contributed by atoms with Crippen molar-refractivity contribution in [3.63, 3.8) is 0 Å². The smallest absolute Gasteiger partial charge is 0.336 e. The molecule has 2 N–H and O–H groups in total. The summed E-state index contributed by atoms with van der Waals surface area (Å²) in [6.07, 6.45) is -2.25. The van der Waals surface area contributed by atoms with Crippen LogP contribution in [0.3, 0.4) is 0 Å². The van der Waals surface area contributed by atoms with Crippen LogP contribution in [0.5, 0.6) is 0 Å². The van der Waals surface area contributed by atoms with Gasteiger partial charge in [-0.1, -0.05) is 0 Å². The molecule has 1 aliphatic heterocycles. The second-order valence-electron chi connectivity index (χ2n) is 1.65. The van der Waals surface area contributed by atoms with Crippen molar-refractivity contribution >= 4 is 11.9 Å². The first-order chi connectivity index (χ1) is 4.13. The van der Waals surface area contributed by atoms with E-state index < -0.39 is 24.1 Å². The Labute approximate surface area is 49.9 Å². The van der Waals surface area contributed by atoms with Crippen LogP contribution in [0.25, 0.3) is 0 Å². The highest BCUT2D eigenvalue weighted by Crippen LogP contribution is 2.21. The lowest BCUT2D eigenvalue weighted by molar-refractivity contribution is -0.140. The highest BCUT2D eigenvalue weighted by Gasteiger charge is 2.50. The molecule has 1 rings (SSSR count). The Hall–Kier alpha value is -1.10. The molecule has 50 valence electrons. The van der Waals surface area contributed by atoms with Gasteiger partial charge in [0.1, 0.15) is 0 Å². The zero-order chi connectivity index (χ0) is 7.02. The van der Waals surface area contributed by atoms with E-state index in [2.05, 4.69) is 4.74 Å². The first-order valence-corrected chi connectivity index (χ1v) is 2.24. The van der Waals surface area contributed by atoms with Crippen molar-refractivity contribution in [1.82, 2.24) is 0 Å². The third kappa shape index (κ3) is 0.996. The first kappa shape index (κ1) is 6.03. The van der Waals surface area contributed by atoms with Gasteiger partial charge in [-0.3, -0.25) is 0 Å². The summed E-state index contributed by atoms with van der Waals surface area (Å²) >= 11 is 0. The molecule has 5 nitrogen and oxygen atoms in total. The molecule has 1 saturated heterocycles. The van der Waals surface area contributed by atoms with Gasteiger partial charge in [0.05, 0.1) is 0 Å². The van der Waals surface area contributed by atoms with Gasteiger partial charge in [-0.05, 0) is 0 Å². The summed E-state index contributed by atoms with van der Waals surface area (Å²) in [4.78, 5) is 19.8. The highest BCUT2D eigenvalue weighted by atomic mass is 16.6.